The number of nitrogens with zero attached hydrogens (tertiary/aromatic N) is 1. The van der Waals surface area contributed by atoms with Crippen LogP contribution in [0.4, 0.5) is 0 Å². The minimum Gasteiger partial charge on any atom is -0.346 e. The molecule has 0 aliphatic heterocycles. The monoisotopic (exact) mass is 233 g/mol. The summed E-state index contributed by atoms with van der Waals surface area (Å²) in [5.41, 5.74) is 6.75. The molecule has 3 rings (SSSR count). The molecular formula is C13H19N3O. The first kappa shape index (κ1) is 10.8. The van der Waals surface area contributed by atoms with Gasteiger partial charge in [-0.2, -0.15) is 0 Å². The number of carbonyl (C=O) groups is 1. The van der Waals surface area contributed by atoms with E-state index in [9.17, 15) is 4.79 Å². The smallest absolute Gasteiger partial charge is 0.268 e. The third kappa shape index (κ3) is 2.09. The predicted octanol–water partition coefficient (Wildman–Crippen LogP) is 1.43. The van der Waals surface area contributed by atoms with Crippen LogP contribution >= 0.6 is 0 Å². The molecule has 4 heteroatoms. The van der Waals surface area contributed by atoms with Crippen LogP contribution in [0.3, 0.4) is 0 Å². The van der Waals surface area contributed by atoms with Crippen LogP contribution in [-0.2, 0) is 0 Å². The fraction of sp³-hybridized carbons (Fsp3) is 0.615. The van der Waals surface area contributed by atoms with Crippen molar-refractivity contribution in [3.8, 4) is 0 Å². The lowest BCUT2D eigenvalue weighted by Gasteiger charge is -2.18. The van der Waals surface area contributed by atoms with Gasteiger partial charge in [-0.25, -0.2) is 0 Å². The number of hydrogen-bond acceptors (Lipinski definition) is 2. The lowest BCUT2D eigenvalue weighted by Crippen LogP contribution is -2.44. The van der Waals surface area contributed by atoms with Gasteiger partial charge in [-0.3, -0.25) is 4.79 Å². The van der Waals surface area contributed by atoms with Crippen molar-refractivity contribution in [3.63, 3.8) is 0 Å². The van der Waals surface area contributed by atoms with Crippen molar-refractivity contribution in [2.24, 2.45) is 5.73 Å². The Balaban J connectivity index is 1.70. The van der Waals surface area contributed by atoms with Crippen LogP contribution in [0.25, 0.3) is 0 Å². The predicted molar refractivity (Wildman–Crippen MR) is 65.8 cm³/mol. The van der Waals surface area contributed by atoms with E-state index in [-0.39, 0.29) is 18.0 Å². The van der Waals surface area contributed by atoms with Gasteiger partial charge in [0.1, 0.15) is 5.69 Å². The zero-order valence-electron chi connectivity index (χ0n) is 9.93. The highest BCUT2D eigenvalue weighted by atomic mass is 16.2. The Morgan fingerprint density at radius 1 is 1.35 bits per heavy atom. The van der Waals surface area contributed by atoms with Crippen molar-refractivity contribution in [2.45, 2.75) is 50.2 Å². The van der Waals surface area contributed by atoms with Crippen LogP contribution in [-0.4, -0.2) is 22.6 Å². The number of aromatic nitrogens is 1. The Kier molecular flexibility index (Phi) is 2.67. The standard InChI is InChI=1S/C13H19N3O/c14-10-3-1-4-11(10)15-13(17)12-5-2-8-16(12)9-6-7-9/h2,5,8-11H,1,3-4,6-7,14H2,(H,15,17). The molecule has 2 atom stereocenters. The van der Waals surface area contributed by atoms with Crippen molar-refractivity contribution in [2.75, 3.05) is 0 Å². The molecule has 3 N–H and O–H groups in total. The number of amides is 1. The molecule has 4 nitrogen and oxygen atoms in total. The highest BCUT2D eigenvalue weighted by Crippen LogP contribution is 2.36. The molecule has 1 aromatic heterocycles. The molecule has 1 heterocycles. The van der Waals surface area contributed by atoms with Gasteiger partial charge >= 0.3 is 0 Å². The molecule has 0 aromatic carbocycles. The molecule has 0 bridgehead atoms. The molecule has 1 aromatic rings. The minimum absolute atomic E-state index is 0.0317. The summed E-state index contributed by atoms with van der Waals surface area (Å²) in [5, 5.41) is 3.07. The first-order chi connectivity index (χ1) is 8.25. The van der Waals surface area contributed by atoms with E-state index in [1.165, 1.54) is 12.8 Å². The summed E-state index contributed by atoms with van der Waals surface area (Å²) in [7, 11) is 0. The van der Waals surface area contributed by atoms with Crippen molar-refractivity contribution in [1.82, 2.24) is 9.88 Å². The maximum Gasteiger partial charge on any atom is 0.268 e. The Bertz CT molecular complexity index is 422. The summed E-state index contributed by atoms with van der Waals surface area (Å²) in [6, 6.07) is 4.67. The van der Waals surface area contributed by atoms with Gasteiger partial charge in [-0.1, -0.05) is 0 Å². The minimum atomic E-state index is 0.0317. The fourth-order valence-corrected chi connectivity index (χ4v) is 2.67. The van der Waals surface area contributed by atoms with Crippen LogP contribution in [0.1, 0.15) is 48.6 Å². The van der Waals surface area contributed by atoms with Crippen LogP contribution in [0.2, 0.25) is 0 Å². The Morgan fingerprint density at radius 3 is 2.82 bits per heavy atom. The van der Waals surface area contributed by atoms with Crippen molar-refractivity contribution in [1.29, 1.82) is 0 Å². The van der Waals surface area contributed by atoms with E-state index in [4.69, 9.17) is 5.73 Å². The van der Waals surface area contributed by atoms with E-state index in [1.807, 2.05) is 18.3 Å². The lowest BCUT2D eigenvalue weighted by atomic mass is 10.2. The summed E-state index contributed by atoms with van der Waals surface area (Å²) in [4.78, 5) is 12.2. The molecule has 2 aliphatic rings. The Labute approximate surface area is 101 Å². The summed E-state index contributed by atoms with van der Waals surface area (Å²) in [6.45, 7) is 0. The van der Waals surface area contributed by atoms with Crippen molar-refractivity contribution < 1.29 is 4.79 Å². The van der Waals surface area contributed by atoms with Crippen LogP contribution in [0.15, 0.2) is 18.3 Å². The Morgan fingerprint density at radius 2 is 2.18 bits per heavy atom. The number of hydrogen-bond donors (Lipinski definition) is 2. The fourth-order valence-electron chi connectivity index (χ4n) is 2.67. The number of rotatable bonds is 3. The van der Waals surface area contributed by atoms with Gasteiger partial charge in [-0.05, 0) is 44.2 Å². The molecule has 0 saturated heterocycles. The van der Waals surface area contributed by atoms with E-state index in [0.29, 0.717) is 6.04 Å². The lowest BCUT2D eigenvalue weighted by molar-refractivity contribution is 0.0925. The molecule has 92 valence electrons. The maximum absolute atomic E-state index is 12.2. The normalized spacial score (nSPS) is 28.3. The van der Waals surface area contributed by atoms with E-state index >= 15 is 0 Å². The Hall–Kier alpha value is -1.29. The summed E-state index contributed by atoms with van der Waals surface area (Å²) in [5.74, 6) is 0.0317. The largest absolute Gasteiger partial charge is 0.346 e. The zero-order valence-corrected chi connectivity index (χ0v) is 9.93. The molecule has 2 fully saturated rings. The van der Waals surface area contributed by atoms with Gasteiger partial charge < -0.3 is 15.6 Å². The molecule has 0 radical (unpaired) electrons. The molecule has 2 saturated carbocycles. The highest BCUT2D eigenvalue weighted by Gasteiger charge is 2.29. The van der Waals surface area contributed by atoms with E-state index in [2.05, 4.69) is 9.88 Å². The summed E-state index contributed by atoms with van der Waals surface area (Å²) >= 11 is 0. The topological polar surface area (TPSA) is 60.0 Å². The summed E-state index contributed by atoms with van der Waals surface area (Å²) < 4.78 is 2.09. The van der Waals surface area contributed by atoms with Gasteiger partial charge in [0.15, 0.2) is 0 Å². The second kappa shape index (κ2) is 4.18. The number of nitrogens with two attached hydrogens (primary N) is 1. The average molecular weight is 233 g/mol. The van der Waals surface area contributed by atoms with Gasteiger partial charge in [0, 0.05) is 24.3 Å². The maximum atomic E-state index is 12.2. The third-order valence-electron chi connectivity index (χ3n) is 3.84. The zero-order chi connectivity index (χ0) is 11.8. The third-order valence-corrected chi connectivity index (χ3v) is 3.84. The highest BCUT2D eigenvalue weighted by molar-refractivity contribution is 5.93. The SMILES string of the molecule is NC1CCCC1NC(=O)c1cccn1C1CC1. The molecule has 17 heavy (non-hydrogen) atoms. The van der Waals surface area contributed by atoms with Crippen LogP contribution in [0, 0.1) is 0 Å². The van der Waals surface area contributed by atoms with E-state index in [0.717, 1.165) is 25.0 Å². The first-order valence-electron chi connectivity index (χ1n) is 6.49. The van der Waals surface area contributed by atoms with Crippen LogP contribution in [0.5, 0.6) is 0 Å². The van der Waals surface area contributed by atoms with E-state index < -0.39 is 0 Å². The van der Waals surface area contributed by atoms with Gasteiger partial charge in [0.25, 0.3) is 5.91 Å². The van der Waals surface area contributed by atoms with Gasteiger partial charge in [-0.15, -0.1) is 0 Å². The first-order valence-corrected chi connectivity index (χ1v) is 6.49. The van der Waals surface area contributed by atoms with Gasteiger partial charge in [0.05, 0.1) is 0 Å². The quantitative estimate of drug-likeness (QED) is 0.829. The average Bonchev–Trinajstić information content (AvgIpc) is 2.90. The van der Waals surface area contributed by atoms with Gasteiger partial charge in [0.2, 0.25) is 0 Å². The number of nitrogens with one attached hydrogen (secondary N) is 1. The second-order valence-corrected chi connectivity index (χ2v) is 5.21. The number of carbonyl (C=O) groups excluding carboxylic acids is 1. The molecular weight excluding hydrogens is 214 g/mol. The molecule has 1 amide bonds. The molecule has 2 unspecified atom stereocenters. The van der Waals surface area contributed by atoms with E-state index in [1.54, 1.807) is 0 Å². The van der Waals surface area contributed by atoms with Crippen molar-refractivity contribution in [3.05, 3.63) is 24.0 Å². The van der Waals surface area contributed by atoms with Crippen LogP contribution < -0.4 is 11.1 Å². The molecule has 0 spiro atoms. The molecule has 2 aliphatic carbocycles. The summed E-state index contributed by atoms with van der Waals surface area (Å²) in [6.07, 6.45) is 7.54. The second-order valence-electron chi connectivity index (χ2n) is 5.21. The van der Waals surface area contributed by atoms with Crippen molar-refractivity contribution >= 4 is 5.91 Å².